The zero-order valence-electron chi connectivity index (χ0n) is 14.5. The number of hydrogen-bond acceptors (Lipinski definition) is 6. The van der Waals surface area contributed by atoms with Crippen molar-refractivity contribution in [3.8, 4) is 11.5 Å². The van der Waals surface area contributed by atoms with Gasteiger partial charge in [0.1, 0.15) is 5.69 Å². The van der Waals surface area contributed by atoms with E-state index in [1.54, 1.807) is 12.1 Å². The molecular formula is C18H18N2O6. The first-order chi connectivity index (χ1) is 12.3. The van der Waals surface area contributed by atoms with Crippen LogP contribution >= 0.6 is 0 Å². The summed E-state index contributed by atoms with van der Waals surface area (Å²) in [5, 5.41) is 13.5. The molecule has 0 aliphatic rings. The Morgan fingerprint density at radius 3 is 2.46 bits per heavy atom. The summed E-state index contributed by atoms with van der Waals surface area (Å²) < 4.78 is 10.8. The van der Waals surface area contributed by atoms with E-state index in [0.717, 1.165) is 0 Å². The number of nitro benzene ring substituents is 1. The first-order valence-corrected chi connectivity index (χ1v) is 7.73. The summed E-state index contributed by atoms with van der Waals surface area (Å²) in [5.41, 5.74) is 0.319. The largest absolute Gasteiger partial charge is 0.493 e. The van der Waals surface area contributed by atoms with Gasteiger partial charge in [-0.15, -0.1) is 0 Å². The van der Waals surface area contributed by atoms with Crippen LogP contribution in [0.5, 0.6) is 11.5 Å². The summed E-state index contributed by atoms with van der Waals surface area (Å²) in [6.07, 6.45) is -0.952. The van der Waals surface area contributed by atoms with Gasteiger partial charge in [0.25, 0.3) is 11.6 Å². The van der Waals surface area contributed by atoms with Gasteiger partial charge in [-0.1, -0.05) is 12.1 Å². The number of ketones is 1. The number of ether oxygens (including phenoxy) is 2. The van der Waals surface area contributed by atoms with Gasteiger partial charge in [0.15, 0.2) is 23.4 Å². The standard InChI is InChI=1S/C18H18N2O6/c1-11(21)13-8-9-16(17(10-13)25-3)26-12(2)18(22)19-14-6-4-5-7-15(14)20(23)24/h4-10,12H,1-3H3,(H,19,22)/t12-/m1/s1. The van der Waals surface area contributed by atoms with E-state index in [9.17, 15) is 19.7 Å². The smallest absolute Gasteiger partial charge is 0.292 e. The topological polar surface area (TPSA) is 108 Å². The highest BCUT2D eigenvalue weighted by Gasteiger charge is 2.21. The number of para-hydroxylation sites is 2. The molecule has 1 amide bonds. The molecule has 0 saturated heterocycles. The van der Waals surface area contributed by atoms with Crippen molar-refractivity contribution in [3.05, 3.63) is 58.1 Å². The summed E-state index contributed by atoms with van der Waals surface area (Å²) in [6, 6.07) is 10.4. The van der Waals surface area contributed by atoms with Gasteiger partial charge in [0.2, 0.25) is 0 Å². The minimum Gasteiger partial charge on any atom is -0.493 e. The molecule has 1 N–H and O–H groups in total. The molecule has 2 rings (SSSR count). The molecule has 0 aliphatic heterocycles. The van der Waals surface area contributed by atoms with Gasteiger partial charge >= 0.3 is 0 Å². The number of nitrogens with one attached hydrogen (secondary N) is 1. The molecule has 26 heavy (non-hydrogen) atoms. The van der Waals surface area contributed by atoms with Crippen LogP contribution in [-0.4, -0.2) is 29.8 Å². The number of carbonyl (C=O) groups excluding carboxylic acids is 2. The van der Waals surface area contributed by atoms with Gasteiger partial charge in [-0.25, -0.2) is 0 Å². The van der Waals surface area contributed by atoms with Gasteiger partial charge in [-0.3, -0.25) is 19.7 Å². The number of Topliss-reactive ketones (excluding diaryl/α,β-unsaturated/α-hetero) is 1. The predicted molar refractivity (Wildman–Crippen MR) is 94.8 cm³/mol. The maximum Gasteiger partial charge on any atom is 0.292 e. The van der Waals surface area contributed by atoms with Gasteiger partial charge in [-0.05, 0) is 38.1 Å². The third kappa shape index (κ3) is 4.35. The maximum absolute atomic E-state index is 12.3. The molecule has 8 heteroatoms. The summed E-state index contributed by atoms with van der Waals surface area (Å²) in [5.74, 6) is -0.0974. The summed E-state index contributed by atoms with van der Waals surface area (Å²) in [4.78, 5) is 34.2. The summed E-state index contributed by atoms with van der Waals surface area (Å²) in [7, 11) is 1.42. The second-order valence-electron chi connectivity index (χ2n) is 5.45. The Labute approximate surface area is 149 Å². The zero-order valence-corrected chi connectivity index (χ0v) is 14.5. The van der Waals surface area contributed by atoms with E-state index in [2.05, 4.69) is 5.32 Å². The molecular weight excluding hydrogens is 340 g/mol. The number of benzene rings is 2. The van der Waals surface area contributed by atoms with Crippen molar-refractivity contribution in [1.82, 2.24) is 0 Å². The minimum atomic E-state index is -0.952. The third-order valence-corrected chi connectivity index (χ3v) is 3.60. The van der Waals surface area contributed by atoms with Crippen molar-refractivity contribution in [2.75, 3.05) is 12.4 Å². The van der Waals surface area contributed by atoms with Gasteiger partial charge in [0.05, 0.1) is 12.0 Å². The maximum atomic E-state index is 12.3. The average molecular weight is 358 g/mol. The number of nitro groups is 1. The fraction of sp³-hybridized carbons (Fsp3) is 0.222. The Kier molecular flexibility index (Phi) is 5.90. The number of hydrogen-bond donors (Lipinski definition) is 1. The first-order valence-electron chi connectivity index (χ1n) is 7.73. The quantitative estimate of drug-likeness (QED) is 0.462. The second-order valence-corrected chi connectivity index (χ2v) is 5.45. The summed E-state index contributed by atoms with van der Waals surface area (Å²) in [6.45, 7) is 2.93. The van der Waals surface area contributed by atoms with E-state index in [0.29, 0.717) is 11.3 Å². The molecule has 0 fully saturated rings. The van der Waals surface area contributed by atoms with Gasteiger partial charge < -0.3 is 14.8 Å². The van der Waals surface area contributed by atoms with Crippen LogP contribution < -0.4 is 14.8 Å². The van der Waals surface area contributed by atoms with Crippen LogP contribution in [0.3, 0.4) is 0 Å². The molecule has 0 spiro atoms. The van der Waals surface area contributed by atoms with Crippen LogP contribution in [0, 0.1) is 10.1 Å². The Morgan fingerprint density at radius 2 is 1.85 bits per heavy atom. The minimum absolute atomic E-state index is 0.0804. The normalized spacial score (nSPS) is 11.3. The molecule has 136 valence electrons. The fourth-order valence-corrected chi connectivity index (χ4v) is 2.20. The van der Waals surface area contributed by atoms with Crippen molar-refractivity contribution in [1.29, 1.82) is 0 Å². The van der Waals surface area contributed by atoms with Gasteiger partial charge in [-0.2, -0.15) is 0 Å². The number of nitrogens with zero attached hydrogens (tertiary/aromatic N) is 1. The highest BCUT2D eigenvalue weighted by molar-refractivity contribution is 5.96. The van der Waals surface area contributed by atoms with E-state index in [-0.39, 0.29) is 22.9 Å². The zero-order chi connectivity index (χ0) is 19.3. The fourth-order valence-electron chi connectivity index (χ4n) is 2.20. The molecule has 1 atom stereocenters. The van der Waals surface area contributed by atoms with Crippen LogP contribution in [0.4, 0.5) is 11.4 Å². The van der Waals surface area contributed by atoms with E-state index in [1.165, 1.54) is 51.3 Å². The van der Waals surface area contributed by atoms with E-state index >= 15 is 0 Å². The van der Waals surface area contributed by atoms with Crippen LogP contribution in [-0.2, 0) is 4.79 Å². The van der Waals surface area contributed by atoms with E-state index in [1.807, 2.05) is 0 Å². The van der Waals surface area contributed by atoms with Crippen molar-refractivity contribution < 1.29 is 24.0 Å². The Bertz CT molecular complexity index is 849. The molecule has 2 aromatic rings. The lowest BCUT2D eigenvalue weighted by molar-refractivity contribution is -0.383. The first kappa shape index (κ1) is 18.9. The highest BCUT2D eigenvalue weighted by Crippen LogP contribution is 2.30. The Hall–Kier alpha value is -3.42. The number of rotatable bonds is 7. The molecule has 0 aromatic heterocycles. The average Bonchev–Trinajstić information content (AvgIpc) is 2.61. The van der Waals surface area contributed by atoms with E-state index < -0.39 is 16.9 Å². The number of carbonyl (C=O) groups is 2. The number of methoxy groups -OCH3 is 1. The molecule has 0 aliphatic carbocycles. The lowest BCUT2D eigenvalue weighted by Gasteiger charge is -2.17. The lowest BCUT2D eigenvalue weighted by atomic mass is 10.1. The van der Waals surface area contributed by atoms with E-state index in [4.69, 9.17) is 9.47 Å². The third-order valence-electron chi connectivity index (χ3n) is 3.60. The predicted octanol–water partition coefficient (Wildman–Crippen LogP) is 3.21. The van der Waals surface area contributed by atoms with Crippen molar-refractivity contribution in [2.45, 2.75) is 20.0 Å². The molecule has 0 unspecified atom stereocenters. The van der Waals surface area contributed by atoms with Crippen molar-refractivity contribution >= 4 is 23.1 Å². The molecule has 2 aromatic carbocycles. The van der Waals surface area contributed by atoms with Gasteiger partial charge in [0, 0.05) is 11.6 Å². The van der Waals surface area contributed by atoms with Crippen molar-refractivity contribution in [2.24, 2.45) is 0 Å². The molecule has 0 saturated carbocycles. The molecule has 0 radical (unpaired) electrons. The summed E-state index contributed by atoms with van der Waals surface area (Å²) >= 11 is 0. The SMILES string of the molecule is COc1cc(C(C)=O)ccc1O[C@H](C)C(=O)Nc1ccccc1[N+](=O)[O-]. The Morgan fingerprint density at radius 1 is 1.15 bits per heavy atom. The highest BCUT2D eigenvalue weighted by atomic mass is 16.6. The second kappa shape index (κ2) is 8.11. The lowest BCUT2D eigenvalue weighted by Crippen LogP contribution is -2.30. The molecule has 0 heterocycles. The molecule has 0 bridgehead atoms. The number of amides is 1. The van der Waals surface area contributed by atoms with Crippen molar-refractivity contribution in [3.63, 3.8) is 0 Å². The monoisotopic (exact) mass is 358 g/mol. The van der Waals surface area contributed by atoms with Crippen LogP contribution in [0.25, 0.3) is 0 Å². The number of anilines is 1. The van der Waals surface area contributed by atoms with Crippen LogP contribution in [0.1, 0.15) is 24.2 Å². The van der Waals surface area contributed by atoms with Crippen LogP contribution in [0.2, 0.25) is 0 Å². The molecule has 8 nitrogen and oxygen atoms in total. The Balaban J connectivity index is 2.15. The van der Waals surface area contributed by atoms with Crippen LogP contribution in [0.15, 0.2) is 42.5 Å².